The fraction of sp³-hybridized carbons (Fsp3) is 0.250. The summed E-state index contributed by atoms with van der Waals surface area (Å²) in [6.07, 6.45) is 1.78. The first kappa shape index (κ1) is 11.5. The molecule has 2 rings (SSSR count). The van der Waals surface area contributed by atoms with Crippen molar-refractivity contribution in [2.75, 3.05) is 0 Å². The number of nitrogens with zero attached hydrogens (tertiary/aromatic N) is 1. The van der Waals surface area contributed by atoms with E-state index in [0.717, 1.165) is 16.8 Å². The predicted molar refractivity (Wildman–Crippen MR) is 63.6 cm³/mol. The minimum Gasteiger partial charge on any atom is -0.508 e. The Kier molecular flexibility index (Phi) is 3.30. The van der Waals surface area contributed by atoms with Crippen molar-refractivity contribution in [3.8, 4) is 11.5 Å². The lowest BCUT2D eigenvalue weighted by molar-refractivity contribution is 0.443. The molecule has 1 aromatic heterocycles. The van der Waals surface area contributed by atoms with Crippen LogP contribution < -0.4 is 5.32 Å². The summed E-state index contributed by atoms with van der Waals surface area (Å²) in [6, 6.07) is 4.58. The third kappa shape index (κ3) is 2.76. The lowest BCUT2D eigenvalue weighted by atomic mass is 10.2. The zero-order chi connectivity index (χ0) is 12.3. The molecule has 1 heterocycles. The summed E-state index contributed by atoms with van der Waals surface area (Å²) < 4.78 is 0. The smallest absolute Gasteiger partial charge is 0.123 e. The molecule has 5 nitrogen and oxygen atoms in total. The molecule has 0 aliphatic rings. The maximum Gasteiger partial charge on any atom is 0.123 e. The van der Waals surface area contributed by atoms with Gasteiger partial charge in [-0.1, -0.05) is 6.07 Å². The summed E-state index contributed by atoms with van der Waals surface area (Å²) in [5, 5.41) is 28.7. The van der Waals surface area contributed by atoms with Gasteiger partial charge in [0.2, 0.25) is 0 Å². The Morgan fingerprint density at radius 1 is 1.24 bits per heavy atom. The second-order valence-electron chi connectivity index (χ2n) is 3.94. The molecule has 0 unspecified atom stereocenters. The van der Waals surface area contributed by atoms with Crippen LogP contribution in [0.25, 0.3) is 0 Å². The monoisotopic (exact) mass is 233 g/mol. The van der Waals surface area contributed by atoms with Gasteiger partial charge in [-0.2, -0.15) is 5.10 Å². The summed E-state index contributed by atoms with van der Waals surface area (Å²) in [6.45, 7) is 3.18. The first-order valence-electron chi connectivity index (χ1n) is 5.37. The molecule has 0 atom stereocenters. The Hall–Kier alpha value is -2.01. The number of aromatic amines is 1. The third-order valence-corrected chi connectivity index (χ3v) is 2.63. The predicted octanol–water partition coefficient (Wildman–Crippen LogP) is 1.42. The molecule has 2 aromatic rings. The van der Waals surface area contributed by atoms with Gasteiger partial charge in [0.15, 0.2) is 0 Å². The third-order valence-electron chi connectivity index (χ3n) is 2.63. The lowest BCUT2D eigenvalue weighted by Crippen LogP contribution is -2.12. The molecule has 90 valence electrons. The fourth-order valence-electron chi connectivity index (χ4n) is 1.59. The van der Waals surface area contributed by atoms with E-state index < -0.39 is 0 Å². The molecule has 0 saturated carbocycles. The van der Waals surface area contributed by atoms with Crippen LogP contribution >= 0.6 is 0 Å². The number of benzene rings is 1. The van der Waals surface area contributed by atoms with Gasteiger partial charge in [0.05, 0.1) is 6.20 Å². The molecule has 0 fully saturated rings. The van der Waals surface area contributed by atoms with E-state index in [1.54, 1.807) is 18.3 Å². The molecule has 0 aliphatic carbocycles. The molecule has 0 amide bonds. The van der Waals surface area contributed by atoms with Gasteiger partial charge in [0, 0.05) is 36.0 Å². The minimum atomic E-state index is 0.0666. The summed E-state index contributed by atoms with van der Waals surface area (Å²) in [7, 11) is 0. The average molecular weight is 233 g/mol. The van der Waals surface area contributed by atoms with E-state index in [4.69, 9.17) is 5.11 Å². The van der Waals surface area contributed by atoms with Crippen LogP contribution in [0.3, 0.4) is 0 Å². The standard InChI is InChI=1S/C12H15N3O2/c1-8-10(7-14-15-8)6-13-5-9-2-3-11(16)4-12(9)17/h2-4,7,13,16-17H,5-6H2,1H3,(H,14,15). The largest absolute Gasteiger partial charge is 0.508 e. The van der Waals surface area contributed by atoms with E-state index in [9.17, 15) is 5.11 Å². The number of phenolic OH excluding ortho intramolecular Hbond substituents is 2. The van der Waals surface area contributed by atoms with E-state index in [1.165, 1.54) is 6.07 Å². The van der Waals surface area contributed by atoms with Crippen LogP contribution in [0.15, 0.2) is 24.4 Å². The Bertz CT molecular complexity index is 508. The van der Waals surface area contributed by atoms with Crippen molar-refractivity contribution >= 4 is 0 Å². The van der Waals surface area contributed by atoms with Crippen molar-refractivity contribution in [2.24, 2.45) is 0 Å². The second-order valence-corrected chi connectivity index (χ2v) is 3.94. The molecule has 1 aromatic carbocycles. The second kappa shape index (κ2) is 4.88. The highest BCUT2D eigenvalue weighted by molar-refractivity contribution is 5.38. The van der Waals surface area contributed by atoms with Crippen molar-refractivity contribution in [2.45, 2.75) is 20.0 Å². The van der Waals surface area contributed by atoms with E-state index in [-0.39, 0.29) is 11.5 Å². The molecule has 0 aliphatic heterocycles. The molecule has 4 N–H and O–H groups in total. The minimum absolute atomic E-state index is 0.0666. The van der Waals surface area contributed by atoms with Crippen molar-refractivity contribution in [1.82, 2.24) is 15.5 Å². The van der Waals surface area contributed by atoms with Crippen LogP contribution in [0.5, 0.6) is 11.5 Å². The van der Waals surface area contributed by atoms with Crippen LogP contribution in [-0.2, 0) is 13.1 Å². The summed E-state index contributed by atoms with van der Waals surface area (Å²) in [4.78, 5) is 0. The van der Waals surface area contributed by atoms with Gasteiger partial charge >= 0.3 is 0 Å². The molecular weight excluding hydrogens is 218 g/mol. The van der Waals surface area contributed by atoms with Crippen LogP contribution in [-0.4, -0.2) is 20.4 Å². The van der Waals surface area contributed by atoms with Gasteiger partial charge in [-0.3, -0.25) is 5.10 Å². The number of H-pyrrole nitrogens is 1. The van der Waals surface area contributed by atoms with Gasteiger partial charge in [0.1, 0.15) is 11.5 Å². The van der Waals surface area contributed by atoms with E-state index in [2.05, 4.69) is 15.5 Å². The Labute approximate surface area is 99.1 Å². The number of rotatable bonds is 4. The normalized spacial score (nSPS) is 10.6. The molecule has 5 heteroatoms. The van der Waals surface area contributed by atoms with Gasteiger partial charge in [0.25, 0.3) is 0 Å². The van der Waals surface area contributed by atoms with E-state index in [0.29, 0.717) is 13.1 Å². The van der Waals surface area contributed by atoms with E-state index >= 15 is 0 Å². The summed E-state index contributed by atoms with van der Waals surface area (Å²) in [5.41, 5.74) is 2.89. The number of phenols is 2. The highest BCUT2D eigenvalue weighted by Gasteiger charge is 2.03. The van der Waals surface area contributed by atoms with Crippen LogP contribution in [0, 0.1) is 6.92 Å². The molecule has 0 bridgehead atoms. The van der Waals surface area contributed by atoms with Crippen molar-refractivity contribution < 1.29 is 10.2 Å². The maximum atomic E-state index is 9.58. The number of aromatic nitrogens is 2. The molecular formula is C12H15N3O2. The lowest BCUT2D eigenvalue weighted by Gasteiger charge is -2.06. The molecule has 0 saturated heterocycles. The number of hydrogen-bond donors (Lipinski definition) is 4. The number of nitrogens with one attached hydrogen (secondary N) is 2. The zero-order valence-electron chi connectivity index (χ0n) is 9.57. The quantitative estimate of drug-likeness (QED) is 0.643. The average Bonchev–Trinajstić information content (AvgIpc) is 2.68. The summed E-state index contributed by atoms with van der Waals surface area (Å²) >= 11 is 0. The van der Waals surface area contributed by atoms with Crippen LogP contribution in [0.1, 0.15) is 16.8 Å². The Morgan fingerprint density at radius 2 is 2.00 bits per heavy atom. The SMILES string of the molecule is Cc1[nH]ncc1CNCc1ccc(O)cc1O. The fourth-order valence-corrected chi connectivity index (χ4v) is 1.59. The maximum absolute atomic E-state index is 9.58. The topological polar surface area (TPSA) is 81.2 Å². The molecule has 17 heavy (non-hydrogen) atoms. The molecule has 0 radical (unpaired) electrons. The Morgan fingerprint density at radius 3 is 2.65 bits per heavy atom. The van der Waals surface area contributed by atoms with Crippen molar-refractivity contribution in [1.29, 1.82) is 0 Å². The molecule has 0 spiro atoms. The zero-order valence-corrected chi connectivity index (χ0v) is 9.57. The van der Waals surface area contributed by atoms with Gasteiger partial charge in [-0.15, -0.1) is 0 Å². The van der Waals surface area contributed by atoms with Crippen molar-refractivity contribution in [3.05, 3.63) is 41.2 Å². The first-order chi connectivity index (χ1) is 8.16. The number of aromatic hydroxyl groups is 2. The van der Waals surface area contributed by atoms with Gasteiger partial charge in [-0.25, -0.2) is 0 Å². The van der Waals surface area contributed by atoms with Gasteiger partial charge < -0.3 is 15.5 Å². The summed E-state index contributed by atoms with van der Waals surface area (Å²) in [5.74, 6) is 0.165. The highest BCUT2D eigenvalue weighted by Crippen LogP contribution is 2.22. The van der Waals surface area contributed by atoms with Crippen molar-refractivity contribution in [3.63, 3.8) is 0 Å². The highest BCUT2D eigenvalue weighted by atomic mass is 16.3. The van der Waals surface area contributed by atoms with E-state index in [1.807, 2.05) is 6.92 Å². The van der Waals surface area contributed by atoms with Crippen LogP contribution in [0.4, 0.5) is 0 Å². The number of aryl methyl sites for hydroxylation is 1. The van der Waals surface area contributed by atoms with Gasteiger partial charge in [-0.05, 0) is 13.0 Å². The Balaban J connectivity index is 1.92. The van der Waals surface area contributed by atoms with Crippen LogP contribution in [0.2, 0.25) is 0 Å². The number of hydrogen-bond acceptors (Lipinski definition) is 4. The first-order valence-corrected chi connectivity index (χ1v) is 5.37.